The van der Waals surface area contributed by atoms with Crippen LogP contribution in [0.1, 0.15) is 4.28 Å². The molecule has 7 nitrogen and oxygen atoms in total. The molecule has 11 heavy (non-hydrogen) atoms. The molecule has 0 aliphatic carbocycles. The summed E-state index contributed by atoms with van der Waals surface area (Å²) in [6, 6.07) is 0. The Balaban J connectivity index is -0.0000000320. The van der Waals surface area contributed by atoms with Crippen LogP contribution < -0.4 is 29.6 Å². The molecule has 0 aromatic rings. The minimum Gasteiger partial charge on any atom is -1.00 e. The molecule has 0 unspecified atom stereocenters. The van der Waals surface area contributed by atoms with E-state index < -0.39 is 15.6 Å². The van der Waals surface area contributed by atoms with Gasteiger partial charge in [0.25, 0.3) is 0 Å². The van der Waals surface area contributed by atoms with Gasteiger partial charge in [0.1, 0.15) is 0 Å². The molecule has 0 saturated carbocycles. The van der Waals surface area contributed by atoms with Gasteiger partial charge in [-0.2, -0.15) is 4.31 Å². The van der Waals surface area contributed by atoms with Gasteiger partial charge in [0.05, 0.1) is 0 Å². The zero-order valence-electron chi connectivity index (χ0n) is 8.62. The van der Waals surface area contributed by atoms with Gasteiger partial charge >= 0.3 is 68.3 Å². The minimum absolute atomic E-state index is 0. The first kappa shape index (κ1) is 18.7. The third kappa shape index (κ3) is 18.8. The molecule has 0 bridgehead atoms. The topological polar surface area (TPSA) is 124 Å². The molecule has 0 radical (unpaired) electrons. The van der Waals surface area contributed by atoms with E-state index in [2.05, 4.69) is 4.31 Å². The van der Waals surface area contributed by atoms with Crippen LogP contribution in [-0.2, 0) is 13.4 Å². The molecular formula is H7MgNaO7P2. The molecule has 4 N–H and O–H groups in total. The van der Waals surface area contributed by atoms with Gasteiger partial charge in [-0.05, 0) is 0 Å². The van der Waals surface area contributed by atoms with Crippen LogP contribution in [0.5, 0.6) is 0 Å². The van der Waals surface area contributed by atoms with E-state index in [9.17, 15) is 9.13 Å². The fraction of sp³-hybridized carbons (Fsp3) is 0. The SMILES string of the molecule is O=P(O)(O)OP(=O)(O)O.[H-].[H-].[H-].[Mg+2].[Na+]. The second-order valence-corrected chi connectivity index (χ2v) is 3.68. The number of hydrogen-bond acceptors (Lipinski definition) is 3. The first-order chi connectivity index (χ1) is 3.71. The molecule has 0 amide bonds. The van der Waals surface area contributed by atoms with Gasteiger partial charge in [0.15, 0.2) is 0 Å². The minimum atomic E-state index is -5.05. The molecule has 0 atom stereocenters. The summed E-state index contributed by atoms with van der Waals surface area (Å²) >= 11 is 0. The summed E-state index contributed by atoms with van der Waals surface area (Å²) in [4.78, 5) is 31.0. The fourth-order valence-electron chi connectivity index (χ4n) is 0.139. The third-order valence-corrected chi connectivity index (χ3v) is 1.91. The Hall–Kier alpha value is 2.03. The van der Waals surface area contributed by atoms with Crippen LogP contribution in [0.2, 0.25) is 0 Å². The summed E-state index contributed by atoms with van der Waals surface area (Å²) in [5.74, 6) is 0. The van der Waals surface area contributed by atoms with Crippen molar-refractivity contribution in [2.24, 2.45) is 0 Å². The van der Waals surface area contributed by atoms with Crippen LogP contribution in [0.25, 0.3) is 0 Å². The van der Waals surface area contributed by atoms with Gasteiger partial charge in [0, 0.05) is 0 Å². The van der Waals surface area contributed by atoms with Crippen LogP contribution in [-0.4, -0.2) is 42.6 Å². The van der Waals surface area contributed by atoms with Gasteiger partial charge in [-0.15, -0.1) is 0 Å². The van der Waals surface area contributed by atoms with Crippen molar-refractivity contribution < 1.29 is 66.9 Å². The molecule has 0 aromatic carbocycles. The van der Waals surface area contributed by atoms with Crippen LogP contribution in [0.15, 0.2) is 0 Å². The average Bonchev–Trinajstić information content (AvgIpc) is 1.14. The second-order valence-electron chi connectivity index (χ2n) is 1.06. The van der Waals surface area contributed by atoms with Gasteiger partial charge < -0.3 is 23.9 Å². The molecule has 0 saturated heterocycles. The van der Waals surface area contributed by atoms with Gasteiger partial charge in [-0.25, -0.2) is 9.13 Å². The van der Waals surface area contributed by atoms with E-state index in [0.29, 0.717) is 0 Å². The van der Waals surface area contributed by atoms with Crippen molar-refractivity contribution in [3.63, 3.8) is 0 Å². The quantitative estimate of drug-likeness (QED) is 0.282. The zero-order chi connectivity index (χ0) is 7.71. The van der Waals surface area contributed by atoms with Crippen molar-refractivity contribution in [2.75, 3.05) is 0 Å². The van der Waals surface area contributed by atoms with E-state index in [1.807, 2.05) is 0 Å². The van der Waals surface area contributed by atoms with E-state index in [1.165, 1.54) is 0 Å². The van der Waals surface area contributed by atoms with Crippen LogP contribution in [0.4, 0.5) is 0 Å². The van der Waals surface area contributed by atoms with E-state index in [0.717, 1.165) is 0 Å². The molecule has 62 valence electrons. The fourth-order valence-corrected chi connectivity index (χ4v) is 1.25. The number of hydrogen-bond donors (Lipinski definition) is 4. The van der Waals surface area contributed by atoms with E-state index in [-0.39, 0.29) is 56.9 Å². The molecule has 0 aliphatic heterocycles. The Morgan fingerprint density at radius 1 is 1.00 bits per heavy atom. The molecule has 0 aromatic heterocycles. The zero-order valence-corrected chi connectivity index (χ0v) is 10.8. The van der Waals surface area contributed by atoms with Crippen molar-refractivity contribution in [3.05, 3.63) is 0 Å². The average molecular weight is 228 g/mol. The summed E-state index contributed by atoms with van der Waals surface area (Å²) < 4.78 is 22.2. The van der Waals surface area contributed by atoms with Crippen molar-refractivity contribution >= 4 is 38.7 Å². The first-order valence-corrected chi connectivity index (χ1v) is 4.59. The molecule has 11 heteroatoms. The van der Waals surface area contributed by atoms with E-state index in [4.69, 9.17) is 19.6 Å². The Morgan fingerprint density at radius 3 is 1.18 bits per heavy atom. The van der Waals surface area contributed by atoms with E-state index >= 15 is 0 Å². The summed E-state index contributed by atoms with van der Waals surface area (Å²) in [5, 5.41) is 0. The number of phosphoric acid groups is 2. The van der Waals surface area contributed by atoms with Crippen LogP contribution in [0.3, 0.4) is 0 Å². The molecule has 0 heterocycles. The van der Waals surface area contributed by atoms with E-state index in [1.54, 1.807) is 0 Å². The summed E-state index contributed by atoms with van der Waals surface area (Å²) in [5.41, 5.74) is 0. The maximum absolute atomic E-state index is 9.63. The normalized spacial score (nSPS) is 11.3. The van der Waals surface area contributed by atoms with Crippen LogP contribution >= 0.6 is 15.6 Å². The molecule has 0 rings (SSSR count). The predicted octanol–water partition coefficient (Wildman–Crippen LogP) is -3.85. The Kier molecular flexibility index (Phi) is 11.0. The monoisotopic (exact) mass is 228 g/mol. The Labute approximate surface area is 105 Å². The standard InChI is InChI=1S/Mg.Na.H4O7P2.3H/c;;1-8(2,3)7-9(4,5)6;;;/h;;(H2,1,2,3)(H2,4,5,6);;;/q+2;+1;;3*-1. The van der Waals surface area contributed by atoms with Gasteiger partial charge in [0.2, 0.25) is 0 Å². The summed E-state index contributed by atoms with van der Waals surface area (Å²) in [6.07, 6.45) is 0. The summed E-state index contributed by atoms with van der Waals surface area (Å²) in [6.45, 7) is 0. The Bertz CT molecular complexity index is 167. The van der Waals surface area contributed by atoms with Crippen molar-refractivity contribution in [1.29, 1.82) is 0 Å². The smallest absolute Gasteiger partial charge is 1.00 e. The summed E-state index contributed by atoms with van der Waals surface area (Å²) in [7, 11) is -10.1. The van der Waals surface area contributed by atoms with Crippen LogP contribution in [0, 0.1) is 0 Å². The number of rotatable bonds is 2. The molecule has 0 aliphatic rings. The molecule has 0 spiro atoms. The third-order valence-electron chi connectivity index (χ3n) is 0.213. The Morgan fingerprint density at radius 2 is 1.18 bits per heavy atom. The predicted molar refractivity (Wildman–Crippen MR) is 34.3 cm³/mol. The maximum atomic E-state index is 9.63. The van der Waals surface area contributed by atoms with Gasteiger partial charge in [-0.3, -0.25) is 0 Å². The first-order valence-electron chi connectivity index (χ1n) is 1.53. The van der Waals surface area contributed by atoms with Gasteiger partial charge in [-0.1, -0.05) is 0 Å². The maximum Gasteiger partial charge on any atom is 2.00 e. The molecular weight excluding hydrogens is 221 g/mol. The van der Waals surface area contributed by atoms with Crippen molar-refractivity contribution in [3.8, 4) is 0 Å². The second kappa shape index (κ2) is 6.48. The van der Waals surface area contributed by atoms with Crippen molar-refractivity contribution in [1.82, 2.24) is 0 Å². The van der Waals surface area contributed by atoms with Crippen molar-refractivity contribution in [2.45, 2.75) is 0 Å². The largest absolute Gasteiger partial charge is 2.00 e. The molecule has 0 fully saturated rings.